The van der Waals surface area contributed by atoms with E-state index in [0.29, 0.717) is 18.0 Å². The summed E-state index contributed by atoms with van der Waals surface area (Å²) in [5, 5.41) is 3.06. The predicted octanol–water partition coefficient (Wildman–Crippen LogP) is 4.66. The Morgan fingerprint density at radius 1 is 1.15 bits per heavy atom. The molecule has 0 saturated carbocycles. The van der Waals surface area contributed by atoms with Crippen molar-refractivity contribution in [3.8, 4) is 5.75 Å². The van der Waals surface area contributed by atoms with Crippen LogP contribution >= 0.6 is 0 Å². The molecule has 1 saturated heterocycles. The van der Waals surface area contributed by atoms with Crippen molar-refractivity contribution in [2.75, 3.05) is 25.1 Å². The van der Waals surface area contributed by atoms with Gasteiger partial charge in [0.15, 0.2) is 0 Å². The van der Waals surface area contributed by atoms with E-state index >= 15 is 0 Å². The first-order chi connectivity index (χ1) is 13.0. The zero-order chi connectivity index (χ0) is 19.4. The molecule has 0 spiro atoms. The van der Waals surface area contributed by atoms with Crippen molar-refractivity contribution >= 4 is 11.6 Å². The molecular weight excluding hydrogens is 336 g/mol. The highest BCUT2D eigenvalue weighted by atomic mass is 16.5. The summed E-state index contributed by atoms with van der Waals surface area (Å²) in [6.07, 6.45) is 2.55. The average molecular weight is 367 g/mol. The number of hydrogen-bond acceptors (Lipinski definition) is 3. The van der Waals surface area contributed by atoms with Crippen LogP contribution in [0.5, 0.6) is 5.75 Å². The summed E-state index contributed by atoms with van der Waals surface area (Å²) in [6.45, 7) is 8.98. The number of benzene rings is 2. The molecule has 1 aliphatic heterocycles. The van der Waals surface area contributed by atoms with Crippen LogP contribution < -0.4 is 15.0 Å². The minimum absolute atomic E-state index is 0.0410. The molecule has 27 heavy (non-hydrogen) atoms. The maximum atomic E-state index is 12.7. The van der Waals surface area contributed by atoms with Crippen LogP contribution in [0.2, 0.25) is 0 Å². The van der Waals surface area contributed by atoms with Gasteiger partial charge >= 0.3 is 0 Å². The van der Waals surface area contributed by atoms with Crippen LogP contribution in [0.1, 0.15) is 59.7 Å². The zero-order valence-electron chi connectivity index (χ0n) is 16.8. The summed E-state index contributed by atoms with van der Waals surface area (Å²) in [4.78, 5) is 15.1. The molecule has 0 aliphatic carbocycles. The molecule has 0 radical (unpaired) electrons. The fourth-order valence-corrected chi connectivity index (χ4v) is 3.65. The number of nitrogens with one attached hydrogen (secondary N) is 1. The summed E-state index contributed by atoms with van der Waals surface area (Å²) in [5.41, 5.74) is 5.09. The number of aryl methyl sites for hydroxylation is 1. The first-order valence-electron chi connectivity index (χ1n) is 9.80. The van der Waals surface area contributed by atoms with Crippen LogP contribution in [-0.2, 0) is 6.54 Å². The Morgan fingerprint density at radius 3 is 2.41 bits per heavy atom. The predicted molar refractivity (Wildman–Crippen MR) is 111 cm³/mol. The van der Waals surface area contributed by atoms with E-state index in [-0.39, 0.29) is 5.91 Å². The fourth-order valence-electron chi connectivity index (χ4n) is 3.65. The topological polar surface area (TPSA) is 41.6 Å². The van der Waals surface area contributed by atoms with Gasteiger partial charge in [0.05, 0.1) is 7.11 Å². The molecule has 0 unspecified atom stereocenters. The Hall–Kier alpha value is -2.49. The number of carbonyl (C=O) groups excluding carboxylic acids is 1. The van der Waals surface area contributed by atoms with Crippen LogP contribution in [0, 0.1) is 6.92 Å². The Labute approximate surface area is 162 Å². The maximum Gasteiger partial charge on any atom is 0.251 e. The van der Waals surface area contributed by atoms with Gasteiger partial charge in [0.2, 0.25) is 0 Å². The lowest BCUT2D eigenvalue weighted by Gasteiger charge is -2.18. The summed E-state index contributed by atoms with van der Waals surface area (Å²) in [5.74, 6) is 1.10. The Morgan fingerprint density at radius 2 is 1.81 bits per heavy atom. The minimum atomic E-state index is -0.0410. The quantitative estimate of drug-likeness (QED) is 0.809. The van der Waals surface area contributed by atoms with Crippen LogP contribution in [0.4, 0.5) is 5.69 Å². The molecule has 0 atom stereocenters. The monoisotopic (exact) mass is 366 g/mol. The number of amides is 1. The van der Waals surface area contributed by atoms with Crippen LogP contribution in [0.25, 0.3) is 0 Å². The van der Waals surface area contributed by atoms with Gasteiger partial charge in [-0.15, -0.1) is 0 Å². The van der Waals surface area contributed by atoms with Crippen LogP contribution in [-0.4, -0.2) is 26.1 Å². The van der Waals surface area contributed by atoms with Crippen molar-refractivity contribution in [1.29, 1.82) is 0 Å². The summed E-state index contributed by atoms with van der Waals surface area (Å²) in [6, 6.07) is 12.4. The van der Waals surface area contributed by atoms with Crippen molar-refractivity contribution < 1.29 is 9.53 Å². The van der Waals surface area contributed by atoms with Gasteiger partial charge in [-0.2, -0.15) is 0 Å². The molecule has 4 nitrogen and oxygen atoms in total. The van der Waals surface area contributed by atoms with E-state index in [1.807, 2.05) is 19.1 Å². The number of methoxy groups -OCH3 is 1. The smallest absolute Gasteiger partial charge is 0.251 e. The number of hydrogen-bond donors (Lipinski definition) is 1. The number of nitrogens with zero attached hydrogens (tertiary/aromatic N) is 1. The van der Waals surface area contributed by atoms with Crippen molar-refractivity contribution in [2.24, 2.45) is 0 Å². The SMILES string of the molecule is COc1cc(C)c(C(=O)NCc2ccc(N3CCCC3)cc2)cc1C(C)C. The van der Waals surface area contributed by atoms with Crippen molar-refractivity contribution in [3.05, 3.63) is 58.7 Å². The minimum Gasteiger partial charge on any atom is -0.496 e. The first kappa shape index (κ1) is 19.3. The second kappa shape index (κ2) is 8.47. The molecule has 1 aliphatic rings. The zero-order valence-corrected chi connectivity index (χ0v) is 16.8. The third-order valence-electron chi connectivity index (χ3n) is 5.30. The highest BCUT2D eigenvalue weighted by Crippen LogP contribution is 2.29. The molecule has 0 aromatic heterocycles. The van der Waals surface area contributed by atoms with E-state index in [4.69, 9.17) is 4.74 Å². The van der Waals surface area contributed by atoms with E-state index in [2.05, 4.69) is 48.3 Å². The highest BCUT2D eigenvalue weighted by Gasteiger charge is 2.16. The van der Waals surface area contributed by atoms with Gasteiger partial charge in [0, 0.05) is 30.9 Å². The van der Waals surface area contributed by atoms with E-state index in [9.17, 15) is 4.79 Å². The lowest BCUT2D eigenvalue weighted by atomic mass is 9.96. The largest absolute Gasteiger partial charge is 0.496 e. The van der Waals surface area contributed by atoms with Crippen molar-refractivity contribution in [1.82, 2.24) is 5.32 Å². The van der Waals surface area contributed by atoms with E-state index in [1.54, 1.807) is 7.11 Å². The van der Waals surface area contributed by atoms with Gasteiger partial charge in [0.25, 0.3) is 5.91 Å². The molecule has 144 valence electrons. The highest BCUT2D eigenvalue weighted by molar-refractivity contribution is 5.96. The Kier molecular flexibility index (Phi) is 6.04. The Balaban J connectivity index is 1.67. The number of rotatable bonds is 6. The summed E-state index contributed by atoms with van der Waals surface area (Å²) < 4.78 is 5.47. The van der Waals surface area contributed by atoms with Crippen LogP contribution in [0.15, 0.2) is 36.4 Å². The molecule has 2 aromatic carbocycles. The van der Waals surface area contributed by atoms with E-state index < -0.39 is 0 Å². The molecule has 1 N–H and O–H groups in total. The fraction of sp³-hybridized carbons (Fsp3) is 0.435. The van der Waals surface area contributed by atoms with Gasteiger partial charge in [-0.25, -0.2) is 0 Å². The summed E-state index contributed by atoms with van der Waals surface area (Å²) in [7, 11) is 1.67. The second-order valence-corrected chi connectivity index (χ2v) is 7.61. The van der Waals surface area contributed by atoms with Crippen molar-refractivity contribution in [3.63, 3.8) is 0 Å². The van der Waals surface area contributed by atoms with E-state index in [1.165, 1.54) is 18.5 Å². The molecule has 0 bridgehead atoms. The maximum absolute atomic E-state index is 12.7. The lowest BCUT2D eigenvalue weighted by molar-refractivity contribution is 0.0950. The van der Waals surface area contributed by atoms with E-state index in [0.717, 1.165) is 35.5 Å². The molecule has 3 rings (SSSR count). The second-order valence-electron chi connectivity index (χ2n) is 7.61. The Bertz CT molecular complexity index is 791. The lowest BCUT2D eigenvalue weighted by Crippen LogP contribution is -2.24. The van der Waals surface area contributed by atoms with Crippen molar-refractivity contribution in [2.45, 2.75) is 46.1 Å². The third-order valence-corrected chi connectivity index (χ3v) is 5.30. The molecule has 1 heterocycles. The van der Waals surface area contributed by atoms with Gasteiger partial charge in [0.1, 0.15) is 5.75 Å². The van der Waals surface area contributed by atoms with Gasteiger partial charge in [-0.3, -0.25) is 4.79 Å². The number of carbonyl (C=O) groups is 1. The standard InChI is InChI=1S/C23H30N2O2/c1-16(2)20-14-21(17(3)13-22(20)27-4)23(26)24-15-18-7-9-19(10-8-18)25-11-5-6-12-25/h7-10,13-14,16H,5-6,11-12,15H2,1-4H3,(H,24,26). The average Bonchev–Trinajstić information content (AvgIpc) is 3.20. The molecule has 4 heteroatoms. The first-order valence-corrected chi connectivity index (χ1v) is 9.80. The molecule has 1 fully saturated rings. The van der Waals surface area contributed by atoms with Gasteiger partial charge in [-0.05, 0) is 66.6 Å². The number of ether oxygens (including phenoxy) is 1. The summed E-state index contributed by atoms with van der Waals surface area (Å²) >= 11 is 0. The van der Waals surface area contributed by atoms with Gasteiger partial charge in [-0.1, -0.05) is 26.0 Å². The molecule has 2 aromatic rings. The third kappa shape index (κ3) is 4.44. The molecular formula is C23H30N2O2. The normalized spacial score (nSPS) is 13.9. The van der Waals surface area contributed by atoms with Gasteiger partial charge < -0.3 is 15.0 Å². The number of anilines is 1. The van der Waals surface area contributed by atoms with Crippen LogP contribution in [0.3, 0.4) is 0 Å². The molecule has 1 amide bonds.